The monoisotopic (exact) mass is 375 g/mol. The van der Waals surface area contributed by atoms with Crippen molar-refractivity contribution in [1.82, 2.24) is 15.2 Å². The molecule has 1 N–H and O–H groups in total. The number of ether oxygens (including phenoxy) is 2. The van der Waals surface area contributed by atoms with Crippen LogP contribution in [0.2, 0.25) is 5.02 Å². The van der Waals surface area contributed by atoms with E-state index in [4.69, 9.17) is 21.1 Å². The number of rotatable bonds is 6. The zero-order valence-electron chi connectivity index (χ0n) is 15.6. The Morgan fingerprint density at radius 1 is 1.15 bits per heavy atom. The van der Waals surface area contributed by atoms with Crippen LogP contribution < -0.4 is 14.8 Å². The molecule has 6 heteroatoms. The fourth-order valence-electron chi connectivity index (χ4n) is 3.39. The smallest absolute Gasteiger partial charge is 0.141 e. The number of halogens is 1. The lowest BCUT2D eigenvalue weighted by molar-refractivity contribution is 0.194. The largest absolute Gasteiger partial charge is 0.495 e. The number of hydrogen-bond donors (Lipinski definition) is 1. The van der Waals surface area contributed by atoms with E-state index in [0.717, 1.165) is 30.9 Å². The van der Waals surface area contributed by atoms with Gasteiger partial charge in [0.05, 0.1) is 19.9 Å². The Balaban J connectivity index is 1.79. The van der Waals surface area contributed by atoms with Crippen LogP contribution in [0.25, 0.3) is 11.3 Å². The van der Waals surface area contributed by atoms with Crippen LogP contribution in [0.3, 0.4) is 0 Å². The maximum absolute atomic E-state index is 6.27. The van der Waals surface area contributed by atoms with Crippen molar-refractivity contribution in [3.63, 3.8) is 0 Å². The summed E-state index contributed by atoms with van der Waals surface area (Å²) >= 11 is 6.27. The third-order valence-electron chi connectivity index (χ3n) is 4.97. The summed E-state index contributed by atoms with van der Waals surface area (Å²) in [5.74, 6) is 1.17. The van der Waals surface area contributed by atoms with E-state index in [1.165, 1.54) is 18.4 Å². The number of nitrogens with zero attached hydrogens (tertiary/aromatic N) is 2. The highest BCUT2D eigenvalue weighted by molar-refractivity contribution is 6.33. The van der Waals surface area contributed by atoms with E-state index in [9.17, 15) is 0 Å². The van der Waals surface area contributed by atoms with E-state index in [2.05, 4.69) is 27.3 Å². The van der Waals surface area contributed by atoms with Gasteiger partial charge in [-0.25, -0.2) is 0 Å². The topological polar surface area (TPSA) is 46.6 Å². The van der Waals surface area contributed by atoms with Crippen molar-refractivity contribution < 1.29 is 9.47 Å². The van der Waals surface area contributed by atoms with Crippen molar-refractivity contribution in [2.24, 2.45) is 0 Å². The molecule has 1 aliphatic heterocycles. The predicted octanol–water partition coefficient (Wildman–Crippen LogP) is 3.60. The second-order valence-corrected chi connectivity index (χ2v) is 6.96. The third-order valence-corrected chi connectivity index (χ3v) is 5.34. The molecule has 1 aliphatic rings. The summed E-state index contributed by atoms with van der Waals surface area (Å²) in [5.41, 5.74) is 3.07. The summed E-state index contributed by atoms with van der Waals surface area (Å²) < 4.78 is 10.7. The Morgan fingerprint density at radius 2 is 1.81 bits per heavy atom. The van der Waals surface area contributed by atoms with Gasteiger partial charge in [0.15, 0.2) is 0 Å². The van der Waals surface area contributed by atoms with Crippen molar-refractivity contribution in [1.29, 1.82) is 0 Å². The molecule has 0 radical (unpaired) electrons. The van der Waals surface area contributed by atoms with Gasteiger partial charge >= 0.3 is 0 Å². The van der Waals surface area contributed by atoms with Gasteiger partial charge in [-0.1, -0.05) is 11.6 Å². The van der Waals surface area contributed by atoms with Crippen LogP contribution in [0.15, 0.2) is 30.5 Å². The Labute approximate surface area is 160 Å². The Morgan fingerprint density at radius 3 is 2.38 bits per heavy atom. The lowest BCUT2D eigenvalue weighted by Gasteiger charge is -2.31. The summed E-state index contributed by atoms with van der Waals surface area (Å²) in [6.07, 6.45) is 4.25. The van der Waals surface area contributed by atoms with Gasteiger partial charge in [-0.3, -0.25) is 9.88 Å². The minimum absolute atomic E-state index is 0.474. The molecule has 2 aromatic rings. The van der Waals surface area contributed by atoms with Crippen LogP contribution in [0.5, 0.6) is 11.5 Å². The number of aromatic nitrogens is 1. The highest BCUT2D eigenvalue weighted by atomic mass is 35.5. The molecule has 1 saturated heterocycles. The summed E-state index contributed by atoms with van der Waals surface area (Å²) in [5, 5.41) is 3.85. The minimum Gasteiger partial charge on any atom is -0.495 e. The number of hydrogen-bond acceptors (Lipinski definition) is 5. The SMILES string of the molecule is CNC1CCN(Cc2ccnc(-c3cc(OC)c(Cl)c(OC)c3)c2)CC1. The summed E-state index contributed by atoms with van der Waals surface area (Å²) in [6, 6.07) is 8.66. The third kappa shape index (κ3) is 4.29. The quantitative estimate of drug-likeness (QED) is 0.835. The summed E-state index contributed by atoms with van der Waals surface area (Å²) in [7, 11) is 5.25. The van der Waals surface area contributed by atoms with Gasteiger partial charge < -0.3 is 14.8 Å². The Hall–Kier alpha value is -1.82. The molecule has 1 aromatic carbocycles. The van der Waals surface area contributed by atoms with E-state index < -0.39 is 0 Å². The molecule has 1 fully saturated rings. The summed E-state index contributed by atoms with van der Waals surface area (Å²) in [4.78, 5) is 7.02. The molecule has 2 heterocycles. The first-order valence-electron chi connectivity index (χ1n) is 8.91. The molecular weight excluding hydrogens is 350 g/mol. The zero-order valence-corrected chi connectivity index (χ0v) is 16.3. The average molecular weight is 376 g/mol. The van der Waals surface area contributed by atoms with Crippen LogP contribution in [-0.4, -0.2) is 50.3 Å². The van der Waals surface area contributed by atoms with Crippen LogP contribution >= 0.6 is 11.6 Å². The molecule has 26 heavy (non-hydrogen) atoms. The summed E-state index contributed by atoms with van der Waals surface area (Å²) in [6.45, 7) is 3.17. The molecule has 0 bridgehead atoms. The fraction of sp³-hybridized carbons (Fsp3) is 0.450. The highest BCUT2D eigenvalue weighted by Crippen LogP contribution is 2.38. The van der Waals surface area contributed by atoms with E-state index in [-0.39, 0.29) is 0 Å². The molecule has 5 nitrogen and oxygen atoms in total. The molecule has 140 valence electrons. The van der Waals surface area contributed by atoms with E-state index >= 15 is 0 Å². The minimum atomic E-state index is 0.474. The van der Waals surface area contributed by atoms with Crippen LogP contribution in [0.4, 0.5) is 0 Å². The van der Waals surface area contributed by atoms with Crippen molar-refractivity contribution in [2.45, 2.75) is 25.4 Å². The van der Waals surface area contributed by atoms with Crippen LogP contribution in [0.1, 0.15) is 18.4 Å². The maximum Gasteiger partial charge on any atom is 0.141 e. The zero-order chi connectivity index (χ0) is 18.5. The van der Waals surface area contributed by atoms with E-state index in [1.54, 1.807) is 14.2 Å². The fourth-order valence-corrected chi connectivity index (χ4v) is 3.65. The first kappa shape index (κ1) is 19.0. The molecule has 3 rings (SSSR count). The van der Waals surface area contributed by atoms with Gasteiger partial charge in [0.1, 0.15) is 16.5 Å². The molecule has 0 amide bonds. The number of piperidine rings is 1. The van der Waals surface area contributed by atoms with E-state index in [0.29, 0.717) is 22.6 Å². The first-order valence-corrected chi connectivity index (χ1v) is 9.28. The molecule has 0 aliphatic carbocycles. The van der Waals surface area contributed by atoms with E-state index in [1.807, 2.05) is 25.4 Å². The molecule has 0 unspecified atom stereocenters. The predicted molar refractivity (Wildman–Crippen MR) is 105 cm³/mol. The van der Waals surface area contributed by atoms with Gasteiger partial charge in [0.25, 0.3) is 0 Å². The molecule has 1 aromatic heterocycles. The second kappa shape index (κ2) is 8.71. The lowest BCUT2D eigenvalue weighted by Crippen LogP contribution is -2.40. The Bertz CT molecular complexity index is 721. The van der Waals surface area contributed by atoms with Gasteiger partial charge in [-0.2, -0.15) is 0 Å². The number of methoxy groups -OCH3 is 2. The normalized spacial score (nSPS) is 15.8. The number of nitrogens with one attached hydrogen (secondary N) is 1. The second-order valence-electron chi connectivity index (χ2n) is 6.58. The van der Waals surface area contributed by atoms with Gasteiger partial charge in [-0.05, 0) is 62.8 Å². The van der Waals surface area contributed by atoms with Crippen molar-refractivity contribution in [3.05, 3.63) is 41.0 Å². The average Bonchev–Trinajstić information content (AvgIpc) is 2.69. The van der Waals surface area contributed by atoms with Crippen LogP contribution in [0, 0.1) is 0 Å². The van der Waals surface area contributed by atoms with Gasteiger partial charge in [-0.15, -0.1) is 0 Å². The number of pyridine rings is 1. The lowest BCUT2D eigenvalue weighted by atomic mass is 10.0. The molecule has 0 spiro atoms. The van der Waals surface area contributed by atoms with Crippen molar-refractivity contribution >= 4 is 11.6 Å². The first-order chi connectivity index (χ1) is 12.6. The number of likely N-dealkylation sites (tertiary alicyclic amines) is 1. The maximum atomic E-state index is 6.27. The van der Waals surface area contributed by atoms with Gasteiger partial charge in [0.2, 0.25) is 0 Å². The molecular formula is C20H26ClN3O2. The van der Waals surface area contributed by atoms with Gasteiger partial charge in [0, 0.05) is 24.3 Å². The number of benzene rings is 1. The molecule has 0 saturated carbocycles. The van der Waals surface area contributed by atoms with Crippen LogP contribution in [-0.2, 0) is 6.54 Å². The Kier molecular flexibility index (Phi) is 6.35. The van der Waals surface area contributed by atoms with Crippen molar-refractivity contribution in [3.8, 4) is 22.8 Å². The van der Waals surface area contributed by atoms with Crippen molar-refractivity contribution in [2.75, 3.05) is 34.4 Å². The molecule has 0 atom stereocenters. The highest BCUT2D eigenvalue weighted by Gasteiger charge is 2.18. The standard InChI is InChI=1S/C20H26ClN3O2/c1-22-16-5-8-24(9-6-16)13-14-4-7-23-17(10-14)15-11-18(25-2)20(21)19(12-15)26-3/h4,7,10-12,16,22H,5-6,8-9,13H2,1-3H3.